The topological polar surface area (TPSA) is 3.88 Å². The number of aromatic nitrogens is 1. The smallest absolute Gasteiger partial charge is 0.193 e. The summed E-state index contributed by atoms with van der Waals surface area (Å²) in [7, 11) is 1.86. The second-order valence-corrected chi connectivity index (χ2v) is 10.1. The molecule has 4 aromatic rings. The molecule has 0 amide bonds. The Morgan fingerprint density at radius 1 is 0.926 bits per heavy atom. The molecule has 5 rings (SSSR count). The summed E-state index contributed by atoms with van der Waals surface area (Å²) in [4.78, 5) is 0. The molecule has 27 heavy (non-hydrogen) atoms. The molecule has 1 nitrogen and oxygen atoms in total. The van der Waals surface area contributed by atoms with E-state index in [9.17, 15) is 0 Å². The van der Waals surface area contributed by atoms with Crippen LogP contribution < -0.4 is 15.2 Å². The summed E-state index contributed by atoms with van der Waals surface area (Å²) < 4.78 is 2.45. The standard InChI is InChI=1S/C25H25NP/c1-15(2)21-18-10-6-7-11-19(18)26(4)24-22-16(3)13-14-17-9-8-12-20(23(17)22)27(5)25(21)24/h6-15H,1-5H3/q+1. The van der Waals surface area contributed by atoms with Crippen molar-refractivity contribution in [1.29, 1.82) is 0 Å². The minimum absolute atomic E-state index is 0.389. The van der Waals surface area contributed by atoms with Crippen molar-refractivity contribution in [1.82, 2.24) is 0 Å². The van der Waals surface area contributed by atoms with Crippen LogP contribution in [0.15, 0.2) is 54.6 Å². The fourth-order valence-electron chi connectivity index (χ4n) is 4.91. The van der Waals surface area contributed by atoms with Gasteiger partial charge in [-0.25, -0.2) is 0 Å². The molecule has 1 unspecified atom stereocenters. The van der Waals surface area contributed by atoms with Gasteiger partial charge in [0.25, 0.3) is 0 Å². The van der Waals surface area contributed by atoms with Crippen LogP contribution in [0.25, 0.3) is 32.9 Å². The first-order chi connectivity index (χ1) is 13.0. The van der Waals surface area contributed by atoms with Crippen LogP contribution in [0.2, 0.25) is 0 Å². The summed E-state index contributed by atoms with van der Waals surface area (Å²) >= 11 is 0. The predicted octanol–water partition coefficient (Wildman–Crippen LogP) is 5.29. The van der Waals surface area contributed by atoms with Gasteiger partial charge in [0.15, 0.2) is 0 Å². The van der Waals surface area contributed by atoms with Gasteiger partial charge in [0.2, 0.25) is 11.2 Å². The average Bonchev–Trinajstić information content (AvgIpc) is 2.67. The number of aryl methyl sites for hydroxylation is 2. The molecule has 1 aromatic heterocycles. The Morgan fingerprint density at radius 2 is 1.70 bits per heavy atom. The van der Waals surface area contributed by atoms with Gasteiger partial charge in [-0.15, -0.1) is 0 Å². The molecule has 1 aliphatic heterocycles. The predicted molar refractivity (Wildman–Crippen MR) is 119 cm³/mol. The summed E-state index contributed by atoms with van der Waals surface area (Å²) in [5.74, 6) is 0.500. The molecule has 3 aromatic carbocycles. The van der Waals surface area contributed by atoms with Crippen LogP contribution in [0.3, 0.4) is 0 Å². The van der Waals surface area contributed by atoms with E-state index >= 15 is 0 Å². The van der Waals surface area contributed by atoms with Crippen molar-refractivity contribution in [2.75, 3.05) is 6.66 Å². The highest BCUT2D eigenvalue weighted by molar-refractivity contribution is 7.73. The fourth-order valence-corrected chi connectivity index (χ4v) is 7.35. The van der Waals surface area contributed by atoms with Crippen molar-refractivity contribution < 1.29 is 4.57 Å². The lowest BCUT2D eigenvalue weighted by molar-refractivity contribution is -0.632. The molecule has 0 radical (unpaired) electrons. The van der Waals surface area contributed by atoms with Crippen LogP contribution in [0.1, 0.15) is 30.9 Å². The second kappa shape index (κ2) is 5.88. The van der Waals surface area contributed by atoms with E-state index in [4.69, 9.17) is 0 Å². The third-order valence-electron chi connectivity index (χ3n) is 6.11. The van der Waals surface area contributed by atoms with E-state index in [0.29, 0.717) is 5.92 Å². The minimum Gasteiger partial charge on any atom is -0.193 e. The molecule has 0 aliphatic carbocycles. The number of rotatable bonds is 1. The molecule has 134 valence electrons. The molecule has 2 heteroatoms. The number of benzene rings is 3. The minimum atomic E-state index is -0.389. The van der Waals surface area contributed by atoms with E-state index in [1.54, 1.807) is 10.9 Å². The van der Waals surface area contributed by atoms with Gasteiger partial charge in [-0.05, 0) is 55.3 Å². The van der Waals surface area contributed by atoms with Crippen molar-refractivity contribution >= 4 is 40.2 Å². The van der Waals surface area contributed by atoms with Gasteiger partial charge < -0.3 is 0 Å². The van der Waals surface area contributed by atoms with Gasteiger partial charge in [0.1, 0.15) is 7.05 Å². The summed E-state index contributed by atoms with van der Waals surface area (Å²) in [5.41, 5.74) is 7.12. The Morgan fingerprint density at radius 3 is 2.48 bits per heavy atom. The zero-order valence-corrected chi connectivity index (χ0v) is 17.6. The molecule has 0 bridgehead atoms. The average molecular weight is 370 g/mol. The number of nitrogens with zero attached hydrogens (tertiary/aromatic N) is 1. The first-order valence-electron chi connectivity index (χ1n) is 9.71. The maximum atomic E-state index is 2.45. The highest BCUT2D eigenvalue weighted by Crippen LogP contribution is 2.46. The molecule has 0 N–H and O–H groups in total. The zero-order valence-electron chi connectivity index (χ0n) is 16.7. The Kier molecular flexibility index (Phi) is 3.68. The number of para-hydroxylation sites is 1. The highest BCUT2D eigenvalue weighted by Gasteiger charge is 2.36. The molecule has 1 atom stereocenters. The van der Waals surface area contributed by atoms with E-state index in [1.165, 1.54) is 43.8 Å². The molecule has 1 aliphatic rings. The van der Waals surface area contributed by atoms with E-state index in [0.717, 1.165) is 0 Å². The van der Waals surface area contributed by atoms with Gasteiger partial charge in [0.05, 0.1) is 16.3 Å². The third kappa shape index (κ3) is 2.18. The summed E-state index contributed by atoms with van der Waals surface area (Å²) in [6.07, 6.45) is 0. The van der Waals surface area contributed by atoms with Crippen molar-refractivity contribution in [3.63, 3.8) is 0 Å². The van der Waals surface area contributed by atoms with Crippen LogP contribution >= 0.6 is 7.92 Å². The molecule has 0 fully saturated rings. The number of hydrogen-bond donors (Lipinski definition) is 0. The SMILES string of the molecule is Cc1ccc2cccc3c2c1-c1c(c(C(C)C)c2ccccc2[n+]1C)P3C. The lowest BCUT2D eigenvalue weighted by atomic mass is 9.91. The zero-order chi connectivity index (χ0) is 18.9. The van der Waals surface area contributed by atoms with Gasteiger partial charge in [-0.3, -0.25) is 0 Å². The molecular weight excluding hydrogens is 345 g/mol. The maximum absolute atomic E-state index is 2.45. The second-order valence-electron chi connectivity index (χ2n) is 8.03. The summed E-state index contributed by atoms with van der Waals surface area (Å²) in [6.45, 7) is 9.41. The van der Waals surface area contributed by atoms with Crippen LogP contribution in [-0.2, 0) is 7.05 Å². The number of fused-ring (bicyclic) bond motifs is 3. The molecule has 0 saturated heterocycles. The molecule has 0 spiro atoms. The summed E-state index contributed by atoms with van der Waals surface area (Å²) in [5, 5.41) is 7.36. The van der Waals surface area contributed by atoms with E-state index in [2.05, 4.69) is 93.6 Å². The first kappa shape index (κ1) is 16.9. The van der Waals surface area contributed by atoms with Crippen LogP contribution in [0, 0.1) is 6.92 Å². The van der Waals surface area contributed by atoms with Gasteiger partial charge in [-0.1, -0.05) is 56.3 Å². The quantitative estimate of drug-likeness (QED) is 0.317. The molecular formula is C25H25NP+. The van der Waals surface area contributed by atoms with Crippen molar-refractivity contribution in [3.8, 4) is 11.3 Å². The normalized spacial score (nSPS) is 15.6. The first-order valence-corrected chi connectivity index (χ1v) is 11.5. The molecule has 0 saturated carbocycles. The van der Waals surface area contributed by atoms with E-state index < -0.39 is 0 Å². The van der Waals surface area contributed by atoms with Crippen LogP contribution in [0.4, 0.5) is 0 Å². The third-order valence-corrected chi connectivity index (χ3v) is 8.33. The van der Waals surface area contributed by atoms with Crippen molar-refractivity contribution in [3.05, 3.63) is 65.7 Å². The Balaban J connectivity index is 2.10. The van der Waals surface area contributed by atoms with Crippen LogP contribution in [-0.4, -0.2) is 6.66 Å². The van der Waals surface area contributed by atoms with Crippen LogP contribution in [0.5, 0.6) is 0 Å². The Hall–Kier alpha value is -2.24. The van der Waals surface area contributed by atoms with E-state index in [-0.39, 0.29) is 7.92 Å². The monoisotopic (exact) mass is 370 g/mol. The van der Waals surface area contributed by atoms with Gasteiger partial charge in [0, 0.05) is 11.5 Å². The largest absolute Gasteiger partial charge is 0.222 e. The highest BCUT2D eigenvalue weighted by atomic mass is 31.1. The van der Waals surface area contributed by atoms with Gasteiger partial charge >= 0.3 is 0 Å². The fraction of sp³-hybridized carbons (Fsp3) is 0.240. The Labute approximate surface area is 162 Å². The molecule has 2 heterocycles. The van der Waals surface area contributed by atoms with Gasteiger partial charge in [-0.2, -0.15) is 4.57 Å². The lowest BCUT2D eigenvalue weighted by Gasteiger charge is -2.29. The van der Waals surface area contributed by atoms with Crippen molar-refractivity contribution in [2.45, 2.75) is 26.7 Å². The lowest BCUT2D eigenvalue weighted by Crippen LogP contribution is -2.41. The summed E-state index contributed by atoms with van der Waals surface area (Å²) in [6, 6.07) is 20.4. The van der Waals surface area contributed by atoms with E-state index in [1.807, 2.05) is 0 Å². The van der Waals surface area contributed by atoms with Crippen molar-refractivity contribution in [2.24, 2.45) is 7.05 Å². The Bertz CT molecular complexity index is 1240. The maximum Gasteiger partial charge on any atom is 0.222 e. The number of hydrogen-bond acceptors (Lipinski definition) is 0. The number of pyridine rings is 1.